The van der Waals surface area contributed by atoms with Crippen molar-refractivity contribution in [1.82, 2.24) is 0 Å². The third-order valence-electron chi connectivity index (χ3n) is 1.21. The SMILES string of the molecule is C=O.O=Cc1ccc(C=O)cc1. The Morgan fingerprint density at radius 2 is 1.08 bits per heavy atom. The Hall–Kier alpha value is -1.77. The molecule has 62 valence electrons. The maximum absolute atomic E-state index is 10.1. The molecule has 0 aliphatic heterocycles. The molecule has 0 aromatic heterocycles. The predicted octanol–water partition coefficient (Wildman–Crippen LogP) is 1.13. The molecule has 0 fully saturated rings. The van der Waals surface area contributed by atoms with Crippen molar-refractivity contribution in [2.45, 2.75) is 0 Å². The highest BCUT2D eigenvalue weighted by Crippen LogP contribution is 1.98. The lowest BCUT2D eigenvalue weighted by Gasteiger charge is -1.88. The van der Waals surface area contributed by atoms with Crippen LogP contribution < -0.4 is 0 Å². The van der Waals surface area contributed by atoms with Gasteiger partial charge >= 0.3 is 0 Å². The van der Waals surface area contributed by atoms with E-state index in [1.807, 2.05) is 6.79 Å². The number of hydrogen-bond donors (Lipinski definition) is 0. The minimum absolute atomic E-state index is 0.589. The zero-order valence-corrected chi connectivity index (χ0v) is 6.40. The first-order valence-corrected chi connectivity index (χ1v) is 3.16. The average molecular weight is 164 g/mol. The molecular formula is C9H8O3. The van der Waals surface area contributed by atoms with E-state index >= 15 is 0 Å². The Morgan fingerprint density at radius 3 is 1.25 bits per heavy atom. The molecule has 0 unspecified atom stereocenters. The number of carbonyl (C=O) groups excluding carboxylic acids is 3. The Kier molecular flexibility index (Phi) is 5.09. The summed E-state index contributed by atoms with van der Waals surface area (Å²) in [6.07, 6.45) is 1.49. The van der Waals surface area contributed by atoms with Crippen LogP contribution in [-0.4, -0.2) is 19.4 Å². The standard InChI is InChI=1S/C8H6O2.CH2O/c9-5-7-1-2-8(6-10)4-3-7;1-2/h1-6H;1H2. The summed E-state index contributed by atoms with van der Waals surface area (Å²) < 4.78 is 0. The van der Waals surface area contributed by atoms with Gasteiger partial charge in [-0.05, 0) is 0 Å². The van der Waals surface area contributed by atoms with Crippen molar-refractivity contribution >= 4 is 19.4 Å². The molecule has 0 bridgehead atoms. The van der Waals surface area contributed by atoms with Crippen LogP contribution in [0.15, 0.2) is 24.3 Å². The first kappa shape index (κ1) is 10.2. The van der Waals surface area contributed by atoms with Crippen molar-refractivity contribution in [3.05, 3.63) is 35.4 Å². The lowest BCUT2D eigenvalue weighted by Crippen LogP contribution is -1.81. The molecule has 0 heterocycles. The molecule has 12 heavy (non-hydrogen) atoms. The highest BCUT2D eigenvalue weighted by Gasteiger charge is 1.88. The second kappa shape index (κ2) is 5.97. The van der Waals surface area contributed by atoms with Crippen molar-refractivity contribution in [1.29, 1.82) is 0 Å². The molecule has 3 nitrogen and oxygen atoms in total. The normalized spacial score (nSPS) is 7.67. The Labute approximate surface area is 70.0 Å². The van der Waals surface area contributed by atoms with E-state index in [2.05, 4.69) is 0 Å². The fourth-order valence-electron chi connectivity index (χ4n) is 0.653. The van der Waals surface area contributed by atoms with Gasteiger partial charge in [0.2, 0.25) is 0 Å². The van der Waals surface area contributed by atoms with Crippen LogP contribution in [0.25, 0.3) is 0 Å². The van der Waals surface area contributed by atoms with Gasteiger partial charge in [0.15, 0.2) is 0 Å². The second-order valence-electron chi connectivity index (χ2n) is 1.90. The van der Waals surface area contributed by atoms with Crippen LogP contribution in [-0.2, 0) is 4.79 Å². The van der Waals surface area contributed by atoms with E-state index in [0.29, 0.717) is 11.1 Å². The first-order valence-electron chi connectivity index (χ1n) is 3.16. The van der Waals surface area contributed by atoms with Crippen LogP contribution in [0.1, 0.15) is 20.7 Å². The summed E-state index contributed by atoms with van der Waals surface area (Å²) in [7, 11) is 0. The third-order valence-corrected chi connectivity index (χ3v) is 1.21. The van der Waals surface area contributed by atoms with Crippen LogP contribution in [0.3, 0.4) is 0 Å². The van der Waals surface area contributed by atoms with E-state index in [1.54, 1.807) is 24.3 Å². The number of hydrogen-bond acceptors (Lipinski definition) is 3. The molecule has 0 radical (unpaired) electrons. The van der Waals surface area contributed by atoms with Gasteiger partial charge in [0.25, 0.3) is 0 Å². The maximum atomic E-state index is 10.1. The minimum Gasteiger partial charge on any atom is -0.307 e. The molecule has 0 aliphatic carbocycles. The third kappa shape index (κ3) is 2.88. The number of carbonyl (C=O) groups is 3. The largest absolute Gasteiger partial charge is 0.307 e. The van der Waals surface area contributed by atoms with Crippen molar-refractivity contribution in [2.75, 3.05) is 0 Å². The van der Waals surface area contributed by atoms with Crippen LogP contribution in [0.2, 0.25) is 0 Å². The summed E-state index contributed by atoms with van der Waals surface area (Å²) in [4.78, 5) is 28.2. The molecule has 0 saturated heterocycles. The molecule has 3 heteroatoms. The molecule has 0 atom stereocenters. The van der Waals surface area contributed by atoms with E-state index in [-0.39, 0.29) is 0 Å². The molecular weight excluding hydrogens is 156 g/mol. The Morgan fingerprint density at radius 1 is 0.833 bits per heavy atom. The van der Waals surface area contributed by atoms with Gasteiger partial charge < -0.3 is 4.79 Å². The van der Waals surface area contributed by atoms with Crippen molar-refractivity contribution < 1.29 is 14.4 Å². The molecule has 0 saturated carbocycles. The van der Waals surface area contributed by atoms with E-state index < -0.39 is 0 Å². The quantitative estimate of drug-likeness (QED) is 0.615. The van der Waals surface area contributed by atoms with E-state index in [4.69, 9.17) is 4.79 Å². The van der Waals surface area contributed by atoms with Crippen LogP contribution in [0.4, 0.5) is 0 Å². The minimum atomic E-state index is 0.589. The van der Waals surface area contributed by atoms with Gasteiger partial charge in [-0.1, -0.05) is 24.3 Å². The number of benzene rings is 1. The van der Waals surface area contributed by atoms with Gasteiger partial charge in [-0.2, -0.15) is 0 Å². The summed E-state index contributed by atoms with van der Waals surface area (Å²) >= 11 is 0. The van der Waals surface area contributed by atoms with Gasteiger partial charge in [0.1, 0.15) is 19.4 Å². The highest BCUT2D eigenvalue weighted by molar-refractivity contribution is 5.79. The monoisotopic (exact) mass is 164 g/mol. The second-order valence-corrected chi connectivity index (χ2v) is 1.90. The summed E-state index contributed by atoms with van der Waals surface area (Å²) in [5.41, 5.74) is 1.18. The first-order chi connectivity index (χ1) is 5.86. The topological polar surface area (TPSA) is 51.2 Å². The Bertz CT molecular complexity index is 224. The van der Waals surface area contributed by atoms with Crippen molar-refractivity contribution in [3.8, 4) is 0 Å². The molecule has 0 amide bonds. The van der Waals surface area contributed by atoms with Gasteiger partial charge in [-0.15, -0.1) is 0 Å². The van der Waals surface area contributed by atoms with E-state index in [9.17, 15) is 9.59 Å². The van der Waals surface area contributed by atoms with Crippen molar-refractivity contribution in [3.63, 3.8) is 0 Å². The van der Waals surface area contributed by atoms with Crippen LogP contribution in [0, 0.1) is 0 Å². The summed E-state index contributed by atoms with van der Waals surface area (Å²) in [5.74, 6) is 0. The summed E-state index contributed by atoms with van der Waals surface area (Å²) in [6, 6.07) is 6.43. The summed E-state index contributed by atoms with van der Waals surface area (Å²) in [5, 5.41) is 0. The molecule has 0 N–H and O–H groups in total. The molecule has 0 aliphatic rings. The number of aldehydes is 2. The van der Waals surface area contributed by atoms with Gasteiger partial charge in [0, 0.05) is 11.1 Å². The molecule has 1 rings (SSSR count). The van der Waals surface area contributed by atoms with Crippen LogP contribution >= 0.6 is 0 Å². The zero-order valence-electron chi connectivity index (χ0n) is 6.40. The fourth-order valence-corrected chi connectivity index (χ4v) is 0.653. The molecule has 1 aromatic carbocycles. The average Bonchev–Trinajstić information content (AvgIpc) is 2.21. The highest BCUT2D eigenvalue weighted by atomic mass is 16.1. The van der Waals surface area contributed by atoms with Crippen LogP contribution in [0.5, 0.6) is 0 Å². The fraction of sp³-hybridized carbons (Fsp3) is 0. The molecule has 0 spiro atoms. The lowest BCUT2D eigenvalue weighted by molar-refractivity contribution is -0.0980. The predicted molar refractivity (Wildman–Crippen MR) is 44.3 cm³/mol. The number of rotatable bonds is 2. The van der Waals surface area contributed by atoms with Gasteiger partial charge in [0.05, 0.1) is 0 Å². The van der Waals surface area contributed by atoms with Crippen molar-refractivity contribution in [2.24, 2.45) is 0 Å². The zero-order chi connectivity index (χ0) is 9.40. The summed E-state index contributed by atoms with van der Waals surface area (Å²) in [6.45, 7) is 2.00. The molecule has 1 aromatic rings. The van der Waals surface area contributed by atoms with Gasteiger partial charge in [-0.3, -0.25) is 9.59 Å². The van der Waals surface area contributed by atoms with Gasteiger partial charge in [-0.25, -0.2) is 0 Å². The van der Waals surface area contributed by atoms with E-state index in [1.165, 1.54) is 0 Å². The smallest absolute Gasteiger partial charge is 0.150 e. The van der Waals surface area contributed by atoms with E-state index in [0.717, 1.165) is 12.6 Å². The lowest BCUT2D eigenvalue weighted by atomic mass is 10.2. The Balaban J connectivity index is 0.000000561. The maximum Gasteiger partial charge on any atom is 0.150 e.